The predicted molar refractivity (Wildman–Crippen MR) is 372 cm³/mol. The fourth-order valence-electron chi connectivity index (χ4n) is 25.6. The third-order valence-corrected chi connectivity index (χ3v) is 29.2. The van der Waals surface area contributed by atoms with Crippen LogP contribution in [0.5, 0.6) is 0 Å². The number of fused-ring (bicyclic) bond motifs is 1. The van der Waals surface area contributed by atoms with Crippen LogP contribution in [0.3, 0.4) is 0 Å². The number of carboxylic acid groups (broad SMARTS) is 1. The first-order chi connectivity index (χ1) is 45.1. The number of ether oxygens (including phenoxy) is 1. The second-order valence-electron chi connectivity index (χ2n) is 33.5. The molecule has 8 nitrogen and oxygen atoms in total. The van der Waals surface area contributed by atoms with Crippen molar-refractivity contribution in [3.63, 3.8) is 0 Å². The first-order valence-corrected chi connectivity index (χ1v) is 37.2. The molecule has 17 aliphatic rings. The van der Waals surface area contributed by atoms with E-state index in [0.29, 0.717) is 37.0 Å². The summed E-state index contributed by atoms with van der Waals surface area (Å²) in [7, 11) is 1.78. The van der Waals surface area contributed by atoms with Gasteiger partial charge in [0.25, 0.3) is 0 Å². The number of carboxylic acids is 1. The average molecular weight is 1250 g/mol. The minimum atomic E-state index is -0.801. The maximum absolute atomic E-state index is 15.0. The molecule has 93 heavy (non-hydrogen) atoms. The summed E-state index contributed by atoms with van der Waals surface area (Å²) in [5.74, 6) is 1.06. The van der Waals surface area contributed by atoms with Gasteiger partial charge in [0.2, 0.25) is 0 Å². The minimum absolute atomic E-state index is 0.0675. The van der Waals surface area contributed by atoms with Crippen LogP contribution < -0.4 is 21.1 Å². The number of carbonyl (C=O) groups is 1. The highest BCUT2D eigenvalue weighted by Crippen LogP contribution is 2.88. The van der Waals surface area contributed by atoms with Gasteiger partial charge in [-0.25, -0.2) is 0 Å². The van der Waals surface area contributed by atoms with Gasteiger partial charge in [0, 0.05) is 53.7 Å². The van der Waals surface area contributed by atoms with E-state index in [4.69, 9.17) is 4.74 Å². The van der Waals surface area contributed by atoms with Gasteiger partial charge in [-0.2, -0.15) is 0 Å². The summed E-state index contributed by atoms with van der Waals surface area (Å²) in [6, 6.07) is 28.2. The molecule has 14 atom stereocenters. The summed E-state index contributed by atoms with van der Waals surface area (Å²) in [6.07, 6.45) is 38.4. The van der Waals surface area contributed by atoms with Gasteiger partial charge in [0.15, 0.2) is 0 Å². The molecule has 20 rings (SSSR count). The Balaban J connectivity index is 0.926. The van der Waals surface area contributed by atoms with Crippen molar-refractivity contribution in [2.24, 2.45) is 91.7 Å². The van der Waals surface area contributed by atoms with Crippen LogP contribution >= 0.6 is 0 Å². The highest BCUT2D eigenvalue weighted by molar-refractivity contribution is 5.84. The maximum Gasteiger partial charge on any atom is 0.306 e. The molecule has 6 N–H and O–H groups in total. The molecule has 6 heterocycles. The molecule has 3 spiro atoms. The molecule has 0 radical (unpaired) electrons. The van der Waals surface area contributed by atoms with Crippen LogP contribution in [0.2, 0.25) is 0 Å². The number of rotatable bonds is 9. The van der Waals surface area contributed by atoms with Crippen LogP contribution in [0.25, 0.3) is 16.7 Å². The number of aliphatic hydroxyl groups excluding tert-OH is 3. The summed E-state index contributed by atoms with van der Waals surface area (Å²) in [5, 5.41) is 61.4. The van der Waals surface area contributed by atoms with Crippen molar-refractivity contribution in [1.29, 1.82) is 0 Å². The number of hydrogen-bond acceptors (Lipinski definition) is 7. The van der Waals surface area contributed by atoms with E-state index >= 15 is 0 Å². The highest BCUT2D eigenvalue weighted by Gasteiger charge is 2.82. The molecule has 0 aromatic heterocycles. The van der Waals surface area contributed by atoms with Crippen molar-refractivity contribution in [3.8, 4) is 0 Å². The lowest BCUT2D eigenvalue weighted by Crippen LogP contribution is -2.73. The summed E-state index contributed by atoms with van der Waals surface area (Å²) >= 11 is 0. The number of aliphatic carboxylic acids is 1. The normalized spacial score (nSPS) is 39.5. The second-order valence-corrected chi connectivity index (χ2v) is 33.5. The van der Waals surface area contributed by atoms with E-state index in [-0.39, 0.29) is 40.4 Å². The molecule has 6 aliphatic heterocycles. The van der Waals surface area contributed by atoms with Crippen LogP contribution in [0, 0.1) is 91.7 Å². The maximum atomic E-state index is 15.0. The Hall–Kier alpha value is -5.67. The standard InChI is InChI=1S/C85H106N2O6/c1-52(2)41-62-32-35-80(3)74(90)46-63-26-28-67-65-17-9-10-18-66(65)69-44-56-13-11-16-58(43-56)59-25-29-75(87-50-59)86-39-12-19-64(57-14-7-6-8-15-57)60(51-88)24-27-68(78(91)92)77-73(89)49-84-72-48-83(62)47-70(69)76(67)85(63,79(80)83)71(72)45-61(81(77,84)4)33-38-82(84)36-30-55(31-37-82)42-54-22-20-53(21-23-54)34-40-93-5/h9-11,13,16-18,20-23,25-26,28-29,32,43,47,51-52,55,57,61,63-64,68,73-74,76-77,79,86-90H,6-8,12,14-15,19,24,27,30-31,33-42,44-46,48-50H2,1-5H3,(H,91,92)/b60-51+/t55?,61-,63+,64-,68+,73+,74-,76-,77-,79+,80+,81+,82?,83+,84+,85+/m0/s1. The van der Waals surface area contributed by atoms with Crippen molar-refractivity contribution in [2.45, 2.75) is 194 Å². The Morgan fingerprint density at radius 2 is 1.63 bits per heavy atom. The largest absolute Gasteiger partial charge is 0.516 e. The molecule has 11 aliphatic carbocycles. The Bertz CT molecular complexity index is 3820. The average Bonchev–Trinajstić information content (AvgIpc) is 1.62. The van der Waals surface area contributed by atoms with Gasteiger partial charge in [-0.05, 0) is 254 Å². The second kappa shape index (κ2) is 23.6. The number of benzene rings is 3. The smallest absolute Gasteiger partial charge is 0.306 e. The zero-order chi connectivity index (χ0) is 63.8. The van der Waals surface area contributed by atoms with E-state index in [1.165, 1.54) is 80.5 Å². The fourth-order valence-corrected chi connectivity index (χ4v) is 25.6. The summed E-state index contributed by atoms with van der Waals surface area (Å²) in [4.78, 5) is 15.0. The Morgan fingerprint density at radius 1 is 0.849 bits per heavy atom. The molecule has 3 aromatic carbocycles. The highest BCUT2D eigenvalue weighted by atomic mass is 16.5. The number of hydrogen-bond donors (Lipinski definition) is 6. The zero-order valence-corrected chi connectivity index (χ0v) is 56.6. The SMILES string of the molecule is COCCc1ccc(CC2CCC3(CC2)CC[C@H]2CC4=C5C[C@]67C=C8C(=c9ccccc9=C9C=C[C@@H]%10C[C@H](O)[C@@](C)(CC=C6CC(C)C)[C@H]7[C@@]4%10[C@H]89)Cc4cccc(c4)C4=CC=C(NCCC[C@@H](C6CCCCC6)/C(=C/O)CC[C@@H](C(=O)O)[C@H]6[C@H](O)C[C@]53[C@]26C)NC4)cc1. The predicted octanol–water partition coefficient (Wildman–Crippen LogP) is 15.5. The Kier molecular flexibility index (Phi) is 15.7. The lowest BCUT2D eigenvalue weighted by molar-refractivity contribution is -0.209. The van der Waals surface area contributed by atoms with Gasteiger partial charge in [0.05, 0.1) is 36.8 Å². The van der Waals surface area contributed by atoms with Gasteiger partial charge >= 0.3 is 5.97 Å². The van der Waals surface area contributed by atoms with Crippen molar-refractivity contribution in [3.05, 3.63) is 182 Å². The molecule has 3 aromatic rings. The summed E-state index contributed by atoms with van der Waals surface area (Å²) in [6.45, 7) is 12.2. The summed E-state index contributed by atoms with van der Waals surface area (Å²) in [5.41, 5.74) is 14.6. The van der Waals surface area contributed by atoms with E-state index in [9.17, 15) is 25.2 Å². The monoisotopic (exact) mass is 1250 g/mol. The molecule has 492 valence electrons. The van der Waals surface area contributed by atoms with Crippen molar-refractivity contribution in [2.75, 3.05) is 26.8 Å². The fraction of sp³-hybridized carbons (Fsp3) is 0.588. The van der Waals surface area contributed by atoms with Gasteiger partial charge in [0.1, 0.15) is 0 Å². The van der Waals surface area contributed by atoms with E-state index in [0.717, 1.165) is 147 Å². The van der Waals surface area contributed by atoms with E-state index in [2.05, 4.69) is 148 Å². The molecule has 5 fully saturated rings. The van der Waals surface area contributed by atoms with Gasteiger partial charge < -0.3 is 35.8 Å². The number of allylic oxidation sites excluding steroid dienone is 11. The minimum Gasteiger partial charge on any atom is -0.516 e. The molecule has 0 saturated heterocycles. The van der Waals surface area contributed by atoms with Crippen LogP contribution in [-0.2, 0) is 28.8 Å². The number of nitrogens with one attached hydrogen (secondary N) is 2. The zero-order valence-electron chi connectivity index (χ0n) is 56.6. The van der Waals surface area contributed by atoms with Crippen LogP contribution in [0.1, 0.15) is 185 Å². The van der Waals surface area contributed by atoms with Crippen molar-refractivity contribution < 1.29 is 30.0 Å². The quantitative estimate of drug-likeness (QED) is 0.0923. The van der Waals surface area contributed by atoms with Crippen LogP contribution in [0.4, 0.5) is 0 Å². The molecular formula is C85H106N2O6. The Labute approximate surface area is 554 Å². The topological polar surface area (TPSA) is 131 Å². The van der Waals surface area contributed by atoms with Crippen molar-refractivity contribution >= 4 is 22.7 Å². The van der Waals surface area contributed by atoms with Gasteiger partial charge in [-0.15, -0.1) is 0 Å². The molecule has 5 saturated carbocycles. The first kappa shape index (κ1) is 62.2. The van der Waals surface area contributed by atoms with Gasteiger partial charge in [-0.1, -0.05) is 167 Å². The van der Waals surface area contributed by atoms with Crippen LogP contribution in [-0.4, -0.2) is 65.4 Å². The lowest BCUT2D eigenvalue weighted by atomic mass is 9.25. The Morgan fingerprint density at radius 3 is 2.39 bits per heavy atom. The molecule has 0 amide bonds. The molecular weight excluding hydrogens is 1140 g/mol. The molecule has 8 heteroatoms. The van der Waals surface area contributed by atoms with Crippen LogP contribution in [0.15, 0.2) is 149 Å². The van der Waals surface area contributed by atoms with E-state index < -0.39 is 51.7 Å². The third kappa shape index (κ3) is 9.27. The first-order valence-electron chi connectivity index (χ1n) is 37.2. The lowest BCUT2D eigenvalue weighted by Gasteiger charge is -2.79. The summed E-state index contributed by atoms with van der Waals surface area (Å²) < 4.78 is 5.46. The number of aliphatic hydroxyl groups is 3. The van der Waals surface area contributed by atoms with E-state index in [1.54, 1.807) is 23.8 Å². The number of dihydropyridines is 1. The number of methoxy groups -OCH3 is 1. The van der Waals surface area contributed by atoms with Gasteiger partial charge in [-0.3, -0.25) is 4.79 Å². The molecule has 0 unspecified atom stereocenters. The third-order valence-electron chi connectivity index (χ3n) is 29.2. The molecule has 15 bridgehead atoms. The van der Waals surface area contributed by atoms with E-state index in [1.807, 2.05) is 0 Å². The van der Waals surface area contributed by atoms with Crippen molar-refractivity contribution in [1.82, 2.24) is 10.6 Å².